The van der Waals surface area contributed by atoms with Crippen LogP contribution in [0.2, 0.25) is 0 Å². The molecule has 8 nitrogen and oxygen atoms in total. The second kappa shape index (κ2) is 49.3. The van der Waals surface area contributed by atoms with Crippen molar-refractivity contribution >= 4 is 69.7 Å². The van der Waals surface area contributed by atoms with E-state index in [1.165, 1.54) is 147 Å². The number of halogens is 2. The molecule has 0 saturated carbocycles. The van der Waals surface area contributed by atoms with Crippen LogP contribution in [-0.4, -0.2) is 62.7 Å². The number of aliphatic hydroxyl groups is 1. The van der Waals surface area contributed by atoms with Gasteiger partial charge in [-0.05, 0) is 82.9 Å². The van der Waals surface area contributed by atoms with E-state index in [9.17, 15) is 13.0 Å². The molecular formula is C44H78Br2NO7P2S2+. The van der Waals surface area contributed by atoms with Gasteiger partial charge >= 0.3 is 1.28 Å². The molecule has 3 heterocycles. The van der Waals surface area contributed by atoms with Crippen molar-refractivity contribution in [2.75, 3.05) is 37.1 Å². The number of aromatic amines is 1. The third-order valence-electron chi connectivity index (χ3n) is 8.75. The second-order valence-electron chi connectivity index (χ2n) is 14.0. The zero-order chi connectivity index (χ0) is 43.9. The van der Waals surface area contributed by atoms with Crippen LogP contribution in [0.15, 0.2) is 72.1 Å². The second-order valence-corrected chi connectivity index (χ2v) is 19.7. The molecule has 4 rings (SSSR count). The van der Waals surface area contributed by atoms with Gasteiger partial charge in [-0.3, -0.25) is 0 Å². The van der Waals surface area contributed by atoms with Crippen molar-refractivity contribution in [3.63, 3.8) is 0 Å². The quantitative estimate of drug-likeness (QED) is 0.0506. The van der Waals surface area contributed by atoms with E-state index in [2.05, 4.69) is 57.6 Å². The topological polar surface area (TPSA) is 119 Å². The molecule has 1 aromatic heterocycles. The van der Waals surface area contributed by atoms with E-state index in [1.54, 1.807) is 18.4 Å². The number of hydrogen-bond donors (Lipinski definition) is 1. The number of aryl methyl sites for hydroxylation is 1. The van der Waals surface area contributed by atoms with Crippen LogP contribution in [0, 0.1) is 6.92 Å². The van der Waals surface area contributed by atoms with Gasteiger partial charge in [-0.25, -0.2) is 13.4 Å². The lowest BCUT2D eigenvalue weighted by Gasteiger charge is -2.22. The largest absolute Gasteiger partial charge is 0.744 e. The van der Waals surface area contributed by atoms with Crippen molar-refractivity contribution in [1.82, 2.24) is 0 Å². The first-order valence-corrected chi connectivity index (χ1v) is 28.6. The summed E-state index contributed by atoms with van der Waals surface area (Å²) in [7, 11) is -2.07. The summed E-state index contributed by atoms with van der Waals surface area (Å²) in [6.45, 7) is 4.00. The van der Waals surface area contributed by atoms with Crippen LogP contribution < -0.4 is 4.98 Å². The molecule has 2 aliphatic rings. The van der Waals surface area contributed by atoms with Gasteiger partial charge in [0.05, 0.1) is 26.7 Å². The molecule has 58 heavy (non-hydrogen) atoms. The van der Waals surface area contributed by atoms with E-state index < -0.39 is 17.1 Å². The summed E-state index contributed by atoms with van der Waals surface area (Å²) >= 11 is 11.2. The molecule has 0 radical (unpaired) electrons. The standard InChI is InChI=1S/C16H31BrO2.C11H23BrO.C7H8O3S.C5H5N.C5H8O.H2P2S/c17-13-9-6-4-2-1-3-5-7-10-14-18-16-12-8-11-15-19-16;12-10-8-6-4-2-1-3-5-7-9-11-13;1-6-2-4-7(5-3-6)11(8,9)10;2*1-2-4-6-5-3-1;1-2-3/h16H,1-15H2;13H,1-11H2;2-5H,1H3,(H,8,9,10);1-5H;2,4H,1,3,5H2;1H2/p+1/i/hT. The first kappa shape index (κ1) is 57.6. The number of rotatable bonds is 23. The van der Waals surface area contributed by atoms with Crippen LogP contribution in [0.1, 0.15) is 153 Å². The van der Waals surface area contributed by atoms with Gasteiger partial charge in [0.15, 0.2) is 37.5 Å². The fourth-order valence-corrected chi connectivity index (χ4v) is 6.73. The first-order chi connectivity index (χ1) is 28.6. The maximum atomic E-state index is 10.4. The number of allylic oxidation sites excluding steroid dienone is 1. The minimum absolute atomic E-state index is 0.100. The van der Waals surface area contributed by atoms with Gasteiger partial charge in [0.25, 0.3) is 0 Å². The van der Waals surface area contributed by atoms with Gasteiger partial charge in [-0.15, -0.1) is 0 Å². The molecule has 1 aromatic carbocycles. The maximum Gasteiger partial charge on any atom is 0.355 e. The highest BCUT2D eigenvalue weighted by Gasteiger charge is 2.13. The molecule has 3 unspecified atom stereocenters. The number of aliphatic hydroxyl groups excluding tert-OH is 1. The number of aromatic nitrogens is 1. The number of pyridine rings is 1. The summed E-state index contributed by atoms with van der Waals surface area (Å²) < 4.78 is 53.8. The third kappa shape index (κ3) is 48.3. The predicted octanol–water partition coefficient (Wildman–Crippen LogP) is 12.9. The van der Waals surface area contributed by atoms with Crippen LogP contribution >= 0.6 is 47.8 Å². The molecule has 0 spiro atoms. The highest BCUT2D eigenvalue weighted by atomic mass is 79.9. The molecule has 1 saturated heterocycles. The molecule has 0 aliphatic carbocycles. The Bertz CT molecular complexity index is 1240. The van der Waals surface area contributed by atoms with Crippen LogP contribution in [-0.2, 0) is 36.1 Å². The van der Waals surface area contributed by atoms with Crippen LogP contribution in [0.4, 0.5) is 0 Å². The van der Waals surface area contributed by atoms with Gasteiger partial charge < -0.3 is 23.9 Å². The van der Waals surface area contributed by atoms with Crippen molar-refractivity contribution in [1.29, 1.82) is 1.28 Å². The first-order valence-electron chi connectivity index (χ1n) is 21.9. The number of hydrogen-bond acceptors (Lipinski definition) is 8. The Balaban J connectivity index is 0. The molecule has 0 amide bonds. The van der Waals surface area contributed by atoms with E-state index in [-0.39, 0.29) is 11.2 Å². The molecule has 1 fully saturated rings. The molecule has 2 aliphatic heterocycles. The summed E-state index contributed by atoms with van der Waals surface area (Å²) in [5.74, 6) is 0. The summed E-state index contributed by atoms with van der Waals surface area (Å²) in [5.41, 5.74) is 0.928. The Morgan fingerprint density at radius 3 is 1.66 bits per heavy atom. The Morgan fingerprint density at radius 1 is 0.828 bits per heavy atom. The number of unbranched alkanes of at least 4 members (excludes halogenated alkanes) is 16. The fourth-order valence-electron chi connectivity index (χ4n) is 5.47. The van der Waals surface area contributed by atoms with E-state index >= 15 is 0 Å². The summed E-state index contributed by atoms with van der Waals surface area (Å²) in [6.07, 6.45) is 37.6. The normalized spacial score (nSPS) is 14.7. The third-order valence-corrected chi connectivity index (χ3v) is 10.7. The van der Waals surface area contributed by atoms with Gasteiger partial charge in [-0.2, -0.15) is 0 Å². The average molecular weight is 1020 g/mol. The number of benzene rings is 1. The van der Waals surface area contributed by atoms with E-state index in [1.807, 2.05) is 43.6 Å². The van der Waals surface area contributed by atoms with Gasteiger partial charge in [0.2, 0.25) is 0 Å². The number of alkyl halides is 2. The fraction of sp³-hybridized carbons (Fsp3) is 0.705. The molecule has 0 bridgehead atoms. The summed E-state index contributed by atoms with van der Waals surface area (Å²) in [4.78, 5) is 2.71. The average Bonchev–Trinajstić information content (AvgIpc) is 3.24. The van der Waals surface area contributed by atoms with Crippen molar-refractivity contribution in [3.8, 4) is 0 Å². The van der Waals surface area contributed by atoms with Gasteiger partial charge in [-0.1, -0.05) is 146 Å². The van der Waals surface area contributed by atoms with Crippen molar-refractivity contribution in [2.24, 2.45) is 0 Å². The Labute approximate surface area is 381 Å². The lowest BCUT2D eigenvalue weighted by atomic mass is 10.1. The summed E-state index contributed by atoms with van der Waals surface area (Å²) in [6, 6.07) is 11.6. The molecule has 336 valence electrons. The minimum atomic E-state index is -4.27. The Kier molecular flexibility index (Phi) is 48.9. The summed E-state index contributed by atoms with van der Waals surface area (Å²) in [5, 5.41) is 10.9. The van der Waals surface area contributed by atoms with E-state index in [0.717, 1.165) is 48.9 Å². The van der Waals surface area contributed by atoms with Crippen LogP contribution in [0.5, 0.6) is 0 Å². The van der Waals surface area contributed by atoms with E-state index in [4.69, 9.17) is 20.6 Å². The van der Waals surface area contributed by atoms with E-state index in [0.29, 0.717) is 6.61 Å². The molecule has 2 N–H and O–H groups in total. The van der Waals surface area contributed by atoms with Gasteiger partial charge in [0, 0.05) is 42.6 Å². The van der Waals surface area contributed by atoms with Crippen LogP contribution in [0.25, 0.3) is 0 Å². The Hall–Kier alpha value is -0.390. The molecule has 3 atom stereocenters. The van der Waals surface area contributed by atoms with Crippen molar-refractivity contribution < 1.29 is 37.3 Å². The SMILES string of the molecule is BrCCCCCCCCCCCOC1CCCCO1.C1=COCCC1.Cc1ccc(S(=O)(=O)[O-])cc1.OCCCCCCCCCCCBr.[3H][P+](P)=S.c1cc[nH+]cc1. The zero-order valence-electron chi connectivity index (χ0n) is 36.4. The molecule has 2 aromatic rings. The van der Waals surface area contributed by atoms with Crippen LogP contribution in [0.3, 0.4) is 0 Å². The number of H-pyrrole nitrogens is 1. The zero-order valence-corrected chi connectivity index (χ0v) is 42.3. The Morgan fingerprint density at radius 2 is 1.33 bits per heavy atom. The molecular weight excluding hydrogens is 940 g/mol. The number of nitrogens with one attached hydrogen (secondary N) is 1. The van der Waals surface area contributed by atoms with Crippen molar-refractivity contribution in [2.45, 2.75) is 166 Å². The lowest BCUT2D eigenvalue weighted by Crippen LogP contribution is -2.22. The monoisotopic (exact) mass is 1020 g/mol. The maximum absolute atomic E-state index is 10.4. The lowest BCUT2D eigenvalue weighted by molar-refractivity contribution is -0.377. The van der Waals surface area contributed by atoms with Crippen molar-refractivity contribution in [3.05, 3.63) is 72.8 Å². The highest BCUT2D eigenvalue weighted by molar-refractivity contribution is 9.09. The predicted molar refractivity (Wildman–Crippen MR) is 259 cm³/mol. The minimum Gasteiger partial charge on any atom is -0.744 e. The smallest absolute Gasteiger partial charge is 0.355 e. The molecule has 14 heteroatoms. The van der Waals surface area contributed by atoms with Gasteiger partial charge in [0.1, 0.15) is 10.1 Å². The number of ether oxygens (including phenoxy) is 3. The highest BCUT2D eigenvalue weighted by Crippen LogP contribution is 2.15.